The zero-order valence-corrected chi connectivity index (χ0v) is 24.0. The Kier molecular flexibility index (Phi) is 7.27. The van der Waals surface area contributed by atoms with E-state index >= 15 is 0 Å². The summed E-state index contributed by atoms with van der Waals surface area (Å²) in [4.78, 5) is 0. The summed E-state index contributed by atoms with van der Waals surface area (Å²) in [6, 6.07) is 25.4. The van der Waals surface area contributed by atoms with Crippen LogP contribution in [0.25, 0.3) is 32.3 Å². The summed E-state index contributed by atoms with van der Waals surface area (Å²) < 4.78 is 0. The summed E-state index contributed by atoms with van der Waals surface area (Å²) in [6.07, 6.45) is 0.922. The van der Waals surface area contributed by atoms with Crippen molar-refractivity contribution in [2.75, 3.05) is 0 Å². The molecule has 6 aromatic carbocycles. The molecule has 6 aromatic rings. The fourth-order valence-electron chi connectivity index (χ4n) is 6.18. The number of fused-ring (bicyclic) bond motifs is 3. The van der Waals surface area contributed by atoms with E-state index in [1.54, 1.807) is 0 Å². The maximum atomic E-state index is 11.3. The summed E-state index contributed by atoms with van der Waals surface area (Å²) >= 11 is 0. The van der Waals surface area contributed by atoms with Crippen molar-refractivity contribution < 1.29 is 30.6 Å². The topological polar surface area (TPSA) is 121 Å². The Balaban J connectivity index is 1.33. The van der Waals surface area contributed by atoms with Crippen molar-refractivity contribution in [3.63, 3.8) is 0 Å². The maximum Gasteiger partial charge on any atom is 0.161 e. The third-order valence-electron chi connectivity index (χ3n) is 8.29. The molecule has 0 saturated carbocycles. The Hall–Kier alpha value is -5.62. The zero-order valence-electron chi connectivity index (χ0n) is 24.0. The van der Waals surface area contributed by atoms with Gasteiger partial charge in [-0.1, -0.05) is 97.1 Å². The van der Waals surface area contributed by atoms with Crippen molar-refractivity contribution in [3.8, 4) is 34.5 Å². The number of phenols is 6. The molecule has 44 heavy (non-hydrogen) atoms. The molecule has 0 heterocycles. The minimum Gasteiger partial charge on any atom is -0.504 e. The molecule has 0 aliphatic carbocycles. The number of hydrogen-bond acceptors (Lipinski definition) is 6. The first-order chi connectivity index (χ1) is 21.1. The number of phenolic OH excluding ortho intramolecular Hbond substituents is 6. The number of allylic oxidation sites excluding steroid dienone is 2. The van der Waals surface area contributed by atoms with Gasteiger partial charge in [-0.15, -0.1) is 0 Å². The summed E-state index contributed by atoms with van der Waals surface area (Å²) in [5.74, 6) is -1.36. The Morgan fingerprint density at radius 2 is 0.705 bits per heavy atom. The van der Waals surface area contributed by atoms with Gasteiger partial charge in [-0.05, 0) is 70.1 Å². The number of benzene rings is 6. The lowest BCUT2D eigenvalue weighted by molar-refractivity contribution is 0.397. The minimum absolute atomic E-state index is 0.207. The van der Waals surface area contributed by atoms with Crippen molar-refractivity contribution in [1.29, 1.82) is 0 Å². The standard InChI is InChI=1S/C38H32O6/c1-21(15-29-25-11-5-3-9-23(25)19-33(39)35(29)41)17-31-27-13-7-8-14-28(27)32(38(44)37(31)43)18-22(2)16-30-26-12-6-4-10-24(26)20-34(40)36(30)42/h3-14,19-20,39-44H,1-2,15-18H2. The number of aromatic hydroxyl groups is 6. The van der Waals surface area contributed by atoms with Gasteiger partial charge in [-0.25, -0.2) is 0 Å². The largest absolute Gasteiger partial charge is 0.504 e. The van der Waals surface area contributed by atoms with Crippen LogP contribution in [0.3, 0.4) is 0 Å². The van der Waals surface area contributed by atoms with Gasteiger partial charge in [0.1, 0.15) is 0 Å². The SMILES string of the molecule is C=C(Cc1c(O)c(O)cc2ccccc12)Cc1c(O)c(O)c(CC(=C)Cc2c(O)c(O)cc3ccccc23)c2ccccc12. The van der Waals surface area contributed by atoms with Crippen LogP contribution in [0, 0.1) is 0 Å². The van der Waals surface area contributed by atoms with Gasteiger partial charge in [0.2, 0.25) is 0 Å². The molecule has 0 bridgehead atoms. The van der Waals surface area contributed by atoms with Gasteiger partial charge in [-0.2, -0.15) is 0 Å². The zero-order chi connectivity index (χ0) is 31.1. The molecule has 0 aliphatic heterocycles. The van der Waals surface area contributed by atoms with Crippen molar-refractivity contribution in [3.05, 3.63) is 131 Å². The number of hydrogen-bond donors (Lipinski definition) is 6. The van der Waals surface area contributed by atoms with Gasteiger partial charge in [0.15, 0.2) is 34.5 Å². The van der Waals surface area contributed by atoms with Crippen LogP contribution in [-0.4, -0.2) is 30.6 Å². The highest BCUT2D eigenvalue weighted by molar-refractivity contribution is 5.94. The molecule has 0 radical (unpaired) electrons. The van der Waals surface area contributed by atoms with Crippen molar-refractivity contribution in [2.45, 2.75) is 25.7 Å². The van der Waals surface area contributed by atoms with Gasteiger partial charge in [0, 0.05) is 22.3 Å². The fraction of sp³-hybridized carbons (Fsp3) is 0.105. The first-order valence-corrected chi connectivity index (χ1v) is 14.3. The van der Waals surface area contributed by atoms with E-state index < -0.39 is 0 Å². The van der Waals surface area contributed by atoms with Gasteiger partial charge in [-0.3, -0.25) is 0 Å². The second-order valence-corrected chi connectivity index (χ2v) is 11.3. The molecule has 0 aromatic heterocycles. The van der Waals surface area contributed by atoms with E-state index in [9.17, 15) is 30.6 Å². The third-order valence-corrected chi connectivity index (χ3v) is 8.29. The lowest BCUT2D eigenvalue weighted by Crippen LogP contribution is -2.01. The molecule has 6 rings (SSSR count). The second kappa shape index (κ2) is 11.2. The van der Waals surface area contributed by atoms with E-state index in [4.69, 9.17) is 0 Å². The average Bonchev–Trinajstić information content (AvgIpc) is 3.02. The lowest BCUT2D eigenvalue weighted by Gasteiger charge is -2.19. The molecule has 0 atom stereocenters. The van der Waals surface area contributed by atoms with Crippen molar-refractivity contribution in [2.24, 2.45) is 0 Å². The van der Waals surface area contributed by atoms with E-state index in [1.165, 1.54) is 12.1 Å². The normalized spacial score (nSPS) is 11.4. The van der Waals surface area contributed by atoms with E-state index in [2.05, 4.69) is 13.2 Å². The van der Waals surface area contributed by atoms with Gasteiger partial charge >= 0.3 is 0 Å². The van der Waals surface area contributed by atoms with E-state index in [1.807, 2.05) is 72.8 Å². The summed E-state index contributed by atoms with van der Waals surface area (Å²) in [5.41, 5.74) is 3.40. The molecule has 6 nitrogen and oxygen atoms in total. The lowest BCUT2D eigenvalue weighted by atomic mass is 9.88. The van der Waals surface area contributed by atoms with Crippen LogP contribution < -0.4 is 0 Å². The minimum atomic E-state index is -0.261. The van der Waals surface area contributed by atoms with Crippen LogP contribution >= 0.6 is 0 Å². The quantitative estimate of drug-likeness (QED) is 0.0795. The first kappa shape index (κ1) is 28.5. The molecule has 6 N–H and O–H groups in total. The Labute approximate surface area is 254 Å². The van der Waals surface area contributed by atoms with E-state index in [0.29, 0.717) is 33.4 Å². The highest BCUT2D eigenvalue weighted by atomic mass is 16.3. The van der Waals surface area contributed by atoms with Crippen LogP contribution in [0.5, 0.6) is 34.5 Å². The predicted molar refractivity (Wildman–Crippen MR) is 175 cm³/mol. The summed E-state index contributed by atoms with van der Waals surface area (Å²) in [7, 11) is 0. The van der Waals surface area contributed by atoms with Gasteiger partial charge in [0.25, 0.3) is 0 Å². The molecule has 0 spiro atoms. The maximum absolute atomic E-state index is 11.3. The molecule has 0 aliphatic rings. The summed E-state index contributed by atoms with van der Waals surface area (Å²) in [5, 5.41) is 69.2. The highest BCUT2D eigenvalue weighted by Crippen LogP contribution is 2.44. The Morgan fingerprint density at radius 3 is 1.07 bits per heavy atom. The van der Waals surface area contributed by atoms with Crippen LogP contribution in [0.4, 0.5) is 0 Å². The smallest absolute Gasteiger partial charge is 0.161 e. The van der Waals surface area contributed by atoms with Crippen LogP contribution in [0.15, 0.2) is 109 Å². The van der Waals surface area contributed by atoms with Crippen LogP contribution in [0.1, 0.15) is 22.3 Å². The van der Waals surface area contributed by atoms with Gasteiger partial charge in [0.05, 0.1) is 0 Å². The Morgan fingerprint density at radius 1 is 0.409 bits per heavy atom. The molecule has 0 fully saturated rings. The predicted octanol–water partition coefficient (Wildman–Crippen LogP) is 8.06. The second-order valence-electron chi connectivity index (χ2n) is 11.3. The monoisotopic (exact) mass is 584 g/mol. The molecule has 0 amide bonds. The van der Waals surface area contributed by atoms with E-state index in [-0.39, 0.29) is 60.2 Å². The van der Waals surface area contributed by atoms with Crippen LogP contribution in [0.2, 0.25) is 0 Å². The summed E-state index contributed by atoms with van der Waals surface area (Å²) in [6.45, 7) is 8.43. The average molecular weight is 585 g/mol. The van der Waals surface area contributed by atoms with Gasteiger partial charge < -0.3 is 30.6 Å². The molecule has 0 saturated heterocycles. The highest BCUT2D eigenvalue weighted by Gasteiger charge is 2.22. The molecule has 220 valence electrons. The first-order valence-electron chi connectivity index (χ1n) is 14.3. The molecular formula is C38H32O6. The number of rotatable bonds is 8. The molecule has 0 unspecified atom stereocenters. The fourth-order valence-corrected chi connectivity index (χ4v) is 6.18. The van der Waals surface area contributed by atoms with Crippen LogP contribution in [-0.2, 0) is 25.7 Å². The van der Waals surface area contributed by atoms with E-state index in [0.717, 1.165) is 32.3 Å². The molecule has 6 heteroatoms. The van der Waals surface area contributed by atoms with Crippen molar-refractivity contribution >= 4 is 32.3 Å². The molecular weight excluding hydrogens is 552 g/mol. The van der Waals surface area contributed by atoms with Crippen molar-refractivity contribution in [1.82, 2.24) is 0 Å². The Bertz CT molecular complexity index is 1970. The third kappa shape index (κ3) is 5.01.